The first-order chi connectivity index (χ1) is 12.2. The Kier molecular flexibility index (Phi) is 3.74. The maximum atomic E-state index is 12.5. The lowest BCUT2D eigenvalue weighted by Crippen LogP contribution is -2.11. The number of nitrogens with zero attached hydrogens (tertiary/aromatic N) is 1. The standard InChI is InChI=1S/C18H14N2O5/c1-22-13-5-2-11(3-6-13)14-9-19-25-18(14)20-17(21)12-4-7-15-16(8-12)24-10-23-15/h2-9H,10H2,1H3,(H,20,21). The summed E-state index contributed by atoms with van der Waals surface area (Å²) in [5.41, 5.74) is 1.96. The van der Waals surface area contributed by atoms with Gasteiger partial charge < -0.3 is 18.7 Å². The lowest BCUT2D eigenvalue weighted by Gasteiger charge is -2.06. The first-order valence-corrected chi connectivity index (χ1v) is 7.55. The maximum Gasteiger partial charge on any atom is 0.258 e. The largest absolute Gasteiger partial charge is 0.497 e. The average molecular weight is 338 g/mol. The molecule has 7 heteroatoms. The predicted octanol–water partition coefficient (Wildman–Crippen LogP) is 3.33. The lowest BCUT2D eigenvalue weighted by molar-refractivity contribution is 0.102. The number of ether oxygens (including phenoxy) is 3. The van der Waals surface area contributed by atoms with Crippen LogP contribution in [0.25, 0.3) is 11.1 Å². The van der Waals surface area contributed by atoms with Crippen LogP contribution in [0.2, 0.25) is 0 Å². The van der Waals surface area contributed by atoms with Gasteiger partial charge in [-0.2, -0.15) is 0 Å². The van der Waals surface area contributed by atoms with Crippen molar-refractivity contribution in [1.82, 2.24) is 5.16 Å². The zero-order valence-corrected chi connectivity index (χ0v) is 13.3. The van der Waals surface area contributed by atoms with Gasteiger partial charge in [-0.05, 0) is 35.9 Å². The van der Waals surface area contributed by atoms with Crippen LogP contribution in [-0.2, 0) is 0 Å². The van der Waals surface area contributed by atoms with Crippen molar-refractivity contribution < 1.29 is 23.5 Å². The molecule has 1 aromatic heterocycles. The van der Waals surface area contributed by atoms with Gasteiger partial charge in [-0.1, -0.05) is 17.3 Å². The van der Waals surface area contributed by atoms with Crippen molar-refractivity contribution in [3.05, 3.63) is 54.2 Å². The van der Waals surface area contributed by atoms with Crippen LogP contribution in [0.5, 0.6) is 17.2 Å². The van der Waals surface area contributed by atoms with Crippen molar-refractivity contribution in [2.45, 2.75) is 0 Å². The summed E-state index contributed by atoms with van der Waals surface area (Å²) in [7, 11) is 1.60. The molecule has 7 nitrogen and oxygen atoms in total. The van der Waals surface area contributed by atoms with Gasteiger partial charge in [-0.3, -0.25) is 10.1 Å². The molecule has 0 unspecified atom stereocenters. The third-order valence-electron chi connectivity index (χ3n) is 3.83. The van der Waals surface area contributed by atoms with E-state index in [-0.39, 0.29) is 18.6 Å². The highest BCUT2D eigenvalue weighted by Gasteiger charge is 2.19. The van der Waals surface area contributed by atoms with Gasteiger partial charge in [0, 0.05) is 5.56 Å². The number of benzene rings is 2. The number of hydrogen-bond acceptors (Lipinski definition) is 6. The van der Waals surface area contributed by atoms with Gasteiger partial charge in [-0.25, -0.2) is 0 Å². The second kappa shape index (κ2) is 6.20. The van der Waals surface area contributed by atoms with Crippen molar-refractivity contribution in [2.75, 3.05) is 19.2 Å². The predicted molar refractivity (Wildman–Crippen MR) is 89.0 cm³/mol. The number of aromatic nitrogens is 1. The van der Waals surface area contributed by atoms with Crippen LogP contribution < -0.4 is 19.5 Å². The van der Waals surface area contributed by atoms with Crippen molar-refractivity contribution in [3.8, 4) is 28.4 Å². The van der Waals surface area contributed by atoms with E-state index in [9.17, 15) is 4.79 Å². The highest BCUT2D eigenvalue weighted by atomic mass is 16.7. The summed E-state index contributed by atoms with van der Waals surface area (Å²) in [6, 6.07) is 12.4. The Labute approximate surface area is 143 Å². The zero-order chi connectivity index (χ0) is 17.2. The van der Waals surface area contributed by atoms with Crippen LogP contribution in [0.3, 0.4) is 0 Å². The van der Waals surface area contributed by atoms with E-state index in [4.69, 9.17) is 18.7 Å². The SMILES string of the molecule is COc1ccc(-c2cnoc2NC(=O)c2ccc3c(c2)OCO3)cc1. The minimum absolute atomic E-state index is 0.157. The van der Waals surface area contributed by atoms with Gasteiger partial charge in [-0.15, -0.1) is 0 Å². The van der Waals surface area contributed by atoms with Gasteiger partial charge in [0.1, 0.15) is 5.75 Å². The number of hydrogen-bond donors (Lipinski definition) is 1. The van der Waals surface area contributed by atoms with E-state index in [1.54, 1.807) is 31.5 Å². The summed E-state index contributed by atoms with van der Waals surface area (Å²) in [4.78, 5) is 12.5. The molecule has 126 valence electrons. The normalized spacial score (nSPS) is 12.0. The minimum Gasteiger partial charge on any atom is -0.497 e. The first kappa shape index (κ1) is 15.1. The monoisotopic (exact) mass is 338 g/mol. The average Bonchev–Trinajstić information content (AvgIpc) is 3.30. The molecule has 25 heavy (non-hydrogen) atoms. The zero-order valence-electron chi connectivity index (χ0n) is 13.3. The molecule has 1 amide bonds. The molecule has 1 aliphatic rings. The van der Waals surface area contributed by atoms with Crippen molar-refractivity contribution in [3.63, 3.8) is 0 Å². The summed E-state index contributed by atoms with van der Waals surface area (Å²) < 4.78 is 20.9. The van der Waals surface area contributed by atoms with Gasteiger partial charge in [0.2, 0.25) is 12.7 Å². The van der Waals surface area contributed by atoms with E-state index in [0.29, 0.717) is 22.6 Å². The molecule has 1 aliphatic heterocycles. The van der Waals surface area contributed by atoms with Gasteiger partial charge in [0.05, 0.1) is 18.9 Å². The molecule has 3 aromatic rings. The number of amides is 1. The van der Waals surface area contributed by atoms with E-state index in [0.717, 1.165) is 11.3 Å². The van der Waals surface area contributed by atoms with Gasteiger partial charge in [0.25, 0.3) is 5.91 Å². The number of rotatable bonds is 4. The summed E-state index contributed by atoms with van der Waals surface area (Å²) in [5.74, 6) is 1.85. The van der Waals surface area contributed by atoms with Crippen LogP contribution in [0.15, 0.2) is 53.2 Å². The quantitative estimate of drug-likeness (QED) is 0.786. The van der Waals surface area contributed by atoms with Crippen LogP contribution in [0, 0.1) is 0 Å². The Balaban J connectivity index is 1.57. The Bertz CT molecular complexity index is 917. The lowest BCUT2D eigenvalue weighted by atomic mass is 10.1. The van der Waals surface area contributed by atoms with Gasteiger partial charge in [0.15, 0.2) is 11.5 Å². The fourth-order valence-electron chi connectivity index (χ4n) is 2.52. The van der Waals surface area contributed by atoms with E-state index in [1.165, 1.54) is 0 Å². The molecule has 0 saturated carbocycles. The second-order valence-corrected chi connectivity index (χ2v) is 5.32. The molecular formula is C18H14N2O5. The molecular weight excluding hydrogens is 324 g/mol. The van der Waals surface area contributed by atoms with Crippen LogP contribution in [-0.4, -0.2) is 25.0 Å². The summed E-state index contributed by atoms with van der Waals surface area (Å²) in [6.45, 7) is 0.157. The Hall–Kier alpha value is -3.48. The van der Waals surface area contributed by atoms with E-state index in [1.807, 2.05) is 24.3 Å². The number of nitrogens with one attached hydrogen (secondary N) is 1. The Morgan fingerprint density at radius 1 is 1.12 bits per heavy atom. The van der Waals surface area contributed by atoms with E-state index >= 15 is 0 Å². The summed E-state index contributed by atoms with van der Waals surface area (Å²) in [6.07, 6.45) is 1.55. The first-order valence-electron chi connectivity index (χ1n) is 7.55. The molecule has 2 aromatic carbocycles. The second-order valence-electron chi connectivity index (χ2n) is 5.32. The number of anilines is 1. The van der Waals surface area contributed by atoms with Gasteiger partial charge >= 0.3 is 0 Å². The van der Waals surface area contributed by atoms with Crippen LogP contribution in [0.4, 0.5) is 5.88 Å². The topological polar surface area (TPSA) is 82.8 Å². The molecule has 0 radical (unpaired) electrons. The summed E-state index contributed by atoms with van der Waals surface area (Å²) >= 11 is 0. The molecule has 0 bridgehead atoms. The number of fused-ring (bicyclic) bond motifs is 1. The Morgan fingerprint density at radius 2 is 1.92 bits per heavy atom. The van der Waals surface area contributed by atoms with Crippen molar-refractivity contribution in [1.29, 1.82) is 0 Å². The minimum atomic E-state index is -0.329. The summed E-state index contributed by atoms with van der Waals surface area (Å²) in [5, 5.41) is 6.51. The number of methoxy groups -OCH3 is 1. The molecule has 0 fully saturated rings. The highest BCUT2D eigenvalue weighted by molar-refractivity contribution is 6.05. The number of carbonyl (C=O) groups is 1. The van der Waals surface area contributed by atoms with E-state index in [2.05, 4.69) is 10.5 Å². The smallest absolute Gasteiger partial charge is 0.258 e. The van der Waals surface area contributed by atoms with Crippen molar-refractivity contribution in [2.24, 2.45) is 0 Å². The molecule has 0 spiro atoms. The third kappa shape index (κ3) is 2.87. The van der Waals surface area contributed by atoms with Crippen LogP contribution >= 0.6 is 0 Å². The molecule has 1 N–H and O–H groups in total. The van der Waals surface area contributed by atoms with Crippen molar-refractivity contribution >= 4 is 11.8 Å². The molecule has 0 aliphatic carbocycles. The van der Waals surface area contributed by atoms with E-state index < -0.39 is 0 Å². The third-order valence-corrected chi connectivity index (χ3v) is 3.83. The highest BCUT2D eigenvalue weighted by Crippen LogP contribution is 2.33. The number of carbonyl (C=O) groups excluding carboxylic acids is 1. The Morgan fingerprint density at radius 3 is 2.72 bits per heavy atom. The maximum absolute atomic E-state index is 12.5. The van der Waals surface area contributed by atoms with Crippen LogP contribution in [0.1, 0.15) is 10.4 Å². The fourth-order valence-corrected chi connectivity index (χ4v) is 2.52. The molecule has 0 saturated heterocycles. The molecule has 0 atom stereocenters. The fraction of sp³-hybridized carbons (Fsp3) is 0.111. The molecule has 2 heterocycles. The molecule has 4 rings (SSSR count).